The summed E-state index contributed by atoms with van der Waals surface area (Å²) in [6.45, 7) is 1.00. The van der Waals surface area contributed by atoms with Crippen LogP contribution in [0.5, 0.6) is 0 Å². The van der Waals surface area contributed by atoms with Crippen molar-refractivity contribution in [1.29, 1.82) is 0 Å². The zero-order valence-corrected chi connectivity index (χ0v) is 18.1. The molecule has 0 spiro atoms. The van der Waals surface area contributed by atoms with Crippen molar-refractivity contribution in [2.75, 3.05) is 13.1 Å². The first-order chi connectivity index (χ1) is 15.8. The number of H-pyrrole nitrogens is 1. The average Bonchev–Trinajstić information content (AvgIpc) is 3.54. The number of carbonyl (C=O) groups is 5. The summed E-state index contributed by atoms with van der Waals surface area (Å²) in [6.07, 6.45) is 5.01. The Morgan fingerprint density at radius 1 is 1.15 bits per heavy atom. The minimum atomic E-state index is -1.48. The number of likely N-dealkylation sites (tertiary alicyclic amines) is 1. The first-order valence-electron chi connectivity index (χ1n) is 10.9. The lowest BCUT2D eigenvalue weighted by Crippen LogP contribution is -2.57. The maximum atomic E-state index is 13.4. The van der Waals surface area contributed by atoms with Gasteiger partial charge in [-0.15, -0.1) is 0 Å². The molecule has 0 aliphatic carbocycles. The fourth-order valence-electron chi connectivity index (χ4n) is 4.17. The van der Waals surface area contributed by atoms with Gasteiger partial charge < -0.3 is 36.7 Å². The number of hydrogen-bond donors (Lipinski definition) is 6. The Labute approximate surface area is 189 Å². The lowest BCUT2D eigenvalue weighted by Gasteiger charge is -2.29. The van der Waals surface area contributed by atoms with Crippen LogP contribution in [0.15, 0.2) is 12.5 Å². The Balaban J connectivity index is 1.72. The molecule has 0 saturated carbocycles. The number of amides is 4. The van der Waals surface area contributed by atoms with Crippen molar-refractivity contribution < 1.29 is 29.1 Å². The summed E-state index contributed by atoms with van der Waals surface area (Å²) in [7, 11) is 0. The molecule has 0 bridgehead atoms. The van der Waals surface area contributed by atoms with E-state index in [1.54, 1.807) is 6.20 Å². The van der Waals surface area contributed by atoms with E-state index in [-0.39, 0.29) is 24.9 Å². The van der Waals surface area contributed by atoms with E-state index in [0.717, 1.165) is 13.0 Å². The van der Waals surface area contributed by atoms with E-state index in [9.17, 15) is 29.1 Å². The van der Waals surface area contributed by atoms with Crippen molar-refractivity contribution >= 4 is 29.6 Å². The number of carboxylic acids is 1. The molecule has 7 N–H and O–H groups in total. The summed E-state index contributed by atoms with van der Waals surface area (Å²) in [5.41, 5.74) is 5.71. The van der Waals surface area contributed by atoms with Crippen LogP contribution in [0.1, 0.15) is 37.8 Å². The minimum Gasteiger partial charge on any atom is -0.480 e. The van der Waals surface area contributed by atoms with Gasteiger partial charge in [0.2, 0.25) is 23.6 Å². The molecule has 2 saturated heterocycles. The van der Waals surface area contributed by atoms with Crippen LogP contribution in [0.4, 0.5) is 0 Å². The van der Waals surface area contributed by atoms with E-state index in [1.165, 1.54) is 11.2 Å². The Morgan fingerprint density at radius 2 is 1.91 bits per heavy atom. The first kappa shape index (κ1) is 24.2. The standard InChI is InChI=1S/C20H29N7O6/c21-16(28)8-14(20(32)33)26-18(30)15-4-2-6-27(15)19(31)13(7-11-9-22-10-24-11)25-17(29)12-3-1-5-23-12/h9-10,12-15,23H,1-8H2,(H2,21,28)(H,22,24)(H,25,29)(H,26,30)(H,32,33). The van der Waals surface area contributed by atoms with Crippen molar-refractivity contribution in [1.82, 2.24) is 30.8 Å². The zero-order valence-electron chi connectivity index (χ0n) is 18.1. The van der Waals surface area contributed by atoms with E-state index in [4.69, 9.17) is 5.73 Å². The molecule has 2 fully saturated rings. The predicted molar refractivity (Wildman–Crippen MR) is 113 cm³/mol. The van der Waals surface area contributed by atoms with E-state index in [1.807, 2.05) is 0 Å². The molecule has 4 amide bonds. The number of aromatic amines is 1. The normalized spacial score (nSPS) is 21.9. The molecule has 2 aliphatic rings. The molecule has 4 unspecified atom stereocenters. The van der Waals surface area contributed by atoms with Crippen LogP contribution in [-0.2, 0) is 30.4 Å². The fourth-order valence-corrected chi connectivity index (χ4v) is 4.17. The van der Waals surface area contributed by atoms with Crippen LogP contribution in [0.3, 0.4) is 0 Å². The summed E-state index contributed by atoms with van der Waals surface area (Å²) in [6, 6.07) is -3.72. The van der Waals surface area contributed by atoms with Gasteiger partial charge in [0, 0.05) is 24.9 Å². The van der Waals surface area contributed by atoms with Gasteiger partial charge in [0.15, 0.2) is 0 Å². The average molecular weight is 463 g/mol. The number of hydrogen-bond acceptors (Lipinski definition) is 7. The smallest absolute Gasteiger partial charge is 0.326 e. The van der Waals surface area contributed by atoms with Gasteiger partial charge in [-0.05, 0) is 32.2 Å². The first-order valence-corrected chi connectivity index (χ1v) is 10.9. The fraction of sp³-hybridized carbons (Fsp3) is 0.600. The van der Waals surface area contributed by atoms with E-state index >= 15 is 0 Å². The van der Waals surface area contributed by atoms with Crippen molar-refractivity contribution in [2.45, 2.75) is 62.7 Å². The number of nitrogens with zero attached hydrogens (tertiary/aromatic N) is 2. The molecule has 0 aromatic carbocycles. The SMILES string of the molecule is NC(=O)CC(NC(=O)C1CCCN1C(=O)C(Cc1cnc[nH]1)NC(=O)C1CCCN1)C(=O)O. The molecular weight excluding hydrogens is 434 g/mol. The van der Waals surface area contributed by atoms with Gasteiger partial charge in [-0.25, -0.2) is 9.78 Å². The number of imidazole rings is 1. The molecule has 13 heteroatoms. The molecule has 33 heavy (non-hydrogen) atoms. The van der Waals surface area contributed by atoms with Gasteiger partial charge in [0.1, 0.15) is 18.1 Å². The Hall–Kier alpha value is -3.48. The van der Waals surface area contributed by atoms with Crippen LogP contribution in [0, 0.1) is 0 Å². The highest BCUT2D eigenvalue weighted by atomic mass is 16.4. The van der Waals surface area contributed by atoms with Crippen LogP contribution < -0.4 is 21.7 Å². The van der Waals surface area contributed by atoms with Crippen molar-refractivity contribution in [3.05, 3.63) is 18.2 Å². The van der Waals surface area contributed by atoms with E-state index in [0.29, 0.717) is 25.0 Å². The zero-order chi connectivity index (χ0) is 24.0. The summed E-state index contributed by atoms with van der Waals surface area (Å²) >= 11 is 0. The second-order valence-corrected chi connectivity index (χ2v) is 8.25. The number of aliphatic carboxylic acids is 1. The minimum absolute atomic E-state index is 0.154. The summed E-state index contributed by atoms with van der Waals surface area (Å²) in [4.78, 5) is 69.6. The number of carboxylic acid groups (broad SMARTS) is 1. The number of rotatable bonds is 10. The monoisotopic (exact) mass is 463 g/mol. The van der Waals surface area contributed by atoms with E-state index < -0.39 is 48.2 Å². The summed E-state index contributed by atoms with van der Waals surface area (Å²) in [5, 5.41) is 17.4. The molecule has 1 aromatic rings. The third kappa shape index (κ3) is 6.28. The lowest BCUT2D eigenvalue weighted by molar-refractivity contribution is -0.145. The lowest BCUT2D eigenvalue weighted by atomic mass is 10.1. The number of nitrogens with two attached hydrogens (primary N) is 1. The quantitative estimate of drug-likeness (QED) is 0.221. The molecule has 13 nitrogen and oxygen atoms in total. The van der Waals surface area contributed by atoms with Gasteiger partial charge in [0.25, 0.3) is 0 Å². The number of primary amides is 1. The Bertz CT molecular complexity index is 883. The molecule has 180 valence electrons. The summed E-state index contributed by atoms with van der Waals surface area (Å²) in [5.74, 6) is -3.69. The molecule has 3 heterocycles. The summed E-state index contributed by atoms with van der Waals surface area (Å²) < 4.78 is 0. The van der Waals surface area contributed by atoms with E-state index in [2.05, 4.69) is 25.9 Å². The molecule has 0 radical (unpaired) electrons. The predicted octanol–water partition coefficient (Wildman–Crippen LogP) is -2.38. The number of carbonyl (C=O) groups excluding carboxylic acids is 4. The van der Waals surface area contributed by atoms with Crippen LogP contribution in [0.2, 0.25) is 0 Å². The maximum absolute atomic E-state index is 13.4. The maximum Gasteiger partial charge on any atom is 0.326 e. The topological polar surface area (TPSA) is 200 Å². The van der Waals surface area contributed by atoms with Gasteiger partial charge in [0.05, 0.1) is 18.8 Å². The molecule has 3 rings (SSSR count). The number of nitrogens with one attached hydrogen (secondary N) is 4. The highest BCUT2D eigenvalue weighted by Gasteiger charge is 2.39. The Morgan fingerprint density at radius 3 is 2.52 bits per heavy atom. The van der Waals surface area contributed by atoms with Crippen LogP contribution in [0.25, 0.3) is 0 Å². The Kier molecular flexibility index (Phi) is 7.98. The van der Waals surface area contributed by atoms with Gasteiger partial charge >= 0.3 is 5.97 Å². The van der Waals surface area contributed by atoms with Crippen LogP contribution >= 0.6 is 0 Å². The van der Waals surface area contributed by atoms with Crippen LogP contribution in [-0.4, -0.2) is 86.8 Å². The molecule has 4 atom stereocenters. The second-order valence-electron chi connectivity index (χ2n) is 8.25. The van der Waals surface area contributed by atoms with Gasteiger partial charge in [-0.3, -0.25) is 19.2 Å². The third-order valence-electron chi connectivity index (χ3n) is 5.83. The molecule has 2 aliphatic heterocycles. The molecule has 1 aromatic heterocycles. The number of aromatic nitrogens is 2. The van der Waals surface area contributed by atoms with Gasteiger partial charge in [-0.2, -0.15) is 0 Å². The highest BCUT2D eigenvalue weighted by molar-refractivity contribution is 5.95. The third-order valence-corrected chi connectivity index (χ3v) is 5.83. The van der Waals surface area contributed by atoms with Crippen molar-refractivity contribution in [3.8, 4) is 0 Å². The second kappa shape index (κ2) is 10.9. The largest absolute Gasteiger partial charge is 0.480 e. The van der Waals surface area contributed by atoms with Crippen molar-refractivity contribution in [2.24, 2.45) is 5.73 Å². The van der Waals surface area contributed by atoms with Gasteiger partial charge in [-0.1, -0.05) is 0 Å². The molecular formula is C20H29N7O6. The van der Waals surface area contributed by atoms with Crippen molar-refractivity contribution in [3.63, 3.8) is 0 Å². The highest BCUT2D eigenvalue weighted by Crippen LogP contribution is 2.20.